The van der Waals surface area contributed by atoms with Crippen LogP contribution in [-0.2, 0) is 10.7 Å². The summed E-state index contributed by atoms with van der Waals surface area (Å²) in [7, 11) is 0. The van der Waals surface area contributed by atoms with Gasteiger partial charge in [0.25, 0.3) is 11.8 Å². The summed E-state index contributed by atoms with van der Waals surface area (Å²) < 4.78 is 58.5. The predicted molar refractivity (Wildman–Crippen MR) is 113 cm³/mol. The van der Waals surface area contributed by atoms with Crippen molar-refractivity contribution in [3.8, 4) is 0 Å². The zero-order valence-electron chi connectivity index (χ0n) is 18.0. The van der Waals surface area contributed by atoms with Gasteiger partial charge in [0.05, 0.1) is 11.7 Å². The normalized spacial score (nSPS) is 22.7. The molecule has 2 heterocycles. The fourth-order valence-corrected chi connectivity index (χ4v) is 4.79. The lowest BCUT2D eigenvalue weighted by molar-refractivity contribution is -0.172. The molecule has 4 rings (SSSR count). The van der Waals surface area contributed by atoms with Crippen molar-refractivity contribution in [2.45, 2.75) is 63.1 Å². The average Bonchev–Trinajstić information content (AvgIpc) is 2.75. The number of benzene rings is 2. The van der Waals surface area contributed by atoms with Gasteiger partial charge in [0, 0.05) is 23.3 Å². The number of aliphatic hydroxyl groups is 1. The number of nitrogens with zero attached hydrogens (tertiary/aromatic N) is 1. The third-order valence-electron chi connectivity index (χ3n) is 6.44. The van der Waals surface area contributed by atoms with Crippen molar-refractivity contribution < 1.29 is 32.3 Å². The SMILES string of the molecule is Cc1cc(NC(=O)c2ccc(F)c(C(F)(F)C(=O)N3[C@@H]4CCC[C@H]3C[C@H](O)C4)c2)ccc1F. The lowest BCUT2D eigenvalue weighted by Gasteiger charge is -2.48. The van der Waals surface area contributed by atoms with Crippen LogP contribution in [0.25, 0.3) is 0 Å². The molecule has 2 fully saturated rings. The molecule has 0 unspecified atom stereocenters. The highest BCUT2D eigenvalue weighted by Gasteiger charge is 2.52. The third kappa shape index (κ3) is 4.46. The first kappa shape index (κ1) is 23.2. The van der Waals surface area contributed by atoms with E-state index >= 15 is 8.78 Å². The van der Waals surface area contributed by atoms with Gasteiger partial charge in [-0.1, -0.05) is 0 Å². The third-order valence-corrected chi connectivity index (χ3v) is 6.44. The molecule has 2 amide bonds. The number of rotatable bonds is 4. The molecule has 0 spiro atoms. The smallest absolute Gasteiger partial charge is 0.352 e. The molecule has 2 aromatic carbocycles. The standard InChI is InChI=1S/C24H24F4N2O3/c1-13-9-15(6-8-20(13)25)29-22(32)14-5-7-21(26)19(10-14)24(27,28)23(33)30-16-3-2-4-17(30)12-18(31)11-16/h5-10,16-18,31H,2-4,11-12H2,1H3,(H,29,32)/t16-,17+,18-. The fraction of sp³-hybridized carbons (Fsp3) is 0.417. The largest absolute Gasteiger partial charge is 0.393 e. The molecule has 5 nitrogen and oxygen atoms in total. The molecule has 33 heavy (non-hydrogen) atoms. The molecule has 0 aliphatic carbocycles. The second kappa shape index (κ2) is 8.78. The van der Waals surface area contributed by atoms with Crippen molar-refractivity contribution in [3.05, 3.63) is 64.7 Å². The van der Waals surface area contributed by atoms with Crippen LogP contribution in [0.1, 0.15) is 53.6 Å². The van der Waals surface area contributed by atoms with Gasteiger partial charge in [0.15, 0.2) is 0 Å². The van der Waals surface area contributed by atoms with Crippen LogP contribution in [0, 0.1) is 18.6 Å². The topological polar surface area (TPSA) is 69.6 Å². The van der Waals surface area contributed by atoms with Crippen LogP contribution < -0.4 is 5.32 Å². The molecule has 0 aromatic heterocycles. The number of aryl methyl sites for hydroxylation is 1. The van der Waals surface area contributed by atoms with E-state index in [9.17, 15) is 23.5 Å². The Balaban J connectivity index is 1.60. The summed E-state index contributed by atoms with van der Waals surface area (Å²) in [4.78, 5) is 26.6. The van der Waals surface area contributed by atoms with Crippen LogP contribution in [0.15, 0.2) is 36.4 Å². The predicted octanol–water partition coefficient (Wildman–Crippen LogP) is 4.52. The van der Waals surface area contributed by atoms with Crippen LogP contribution in [0.2, 0.25) is 0 Å². The Labute approximate surface area is 188 Å². The Morgan fingerprint density at radius 2 is 1.67 bits per heavy atom. The average molecular weight is 464 g/mol. The first-order chi connectivity index (χ1) is 15.6. The highest BCUT2D eigenvalue weighted by molar-refractivity contribution is 6.04. The molecule has 3 atom stereocenters. The number of hydrogen-bond donors (Lipinski definition) is 2. The van der Waals surface area contributed by atoms with Crippen LogP contribution >= 0.6 is 0 Å². The number of fused-ring (bicyclic) bond motifs is 2. The van der Waals surface area contributed by atoms with Gasteiger partial charge in [-0.25, -0.2) is 8.78 Å². The van der Waals surface area contributed by atoms with E-state index in [0.29, 0.717) is 18.9 Å². The Morgan fingerprint density at radius 3 is 2.30 bits per heavy atom. The van der Waals surface area contributed by atoms with Gasteiger partial charge in [-0.3, -0.25) is 9.59 Å². The maximum atomic E-state index is 15.3. The summed E-state index contributed by atoms with van der Waals surface area (Å²) >= 11 is 0. The minimum Gasteiger partial charge on any atom is -0.393 e. The highest BCUT2D eigenvalue weighted by atomic mass is 19.3. The number of aliphatic hydroxyl groups excluding tert-OH is 1. The molecular formula is C24H24F4N2O3. The number of carbonyl (C=O) groups is 2. The Kier molecular flexibility index (Phi) is 6.18. The summed E-state index contributed by atoms with van der Waals surface area (Å²) in [5, 5.41) is 12.4. The lowest BCUT2D eigenvalue weighted by atomic mass is 9.82. The van der Waals surface area contributed by atoms with Gasteiger partial charge >= 0.3 is 5.92 Å². The highest BCUT2D eigenvalue weighted by Crippen LogP contribution is 2.40. The van der Waals surface area contributed by atoms with E-state index < -0.39 is 53.1 Å². The monoisotopic (exact) mass is 464 g/mol. The quantitative estimate of drug-likeness (QED) is 0.654. The summed E-state index contributed by atoms with van der Waals surface area (Å²) in [6.45, 7) is 1.50. The number of nitrogens with one attached hydrogen (secondary N) is 1. The minimum absolute atomic E-state index is 0.209. The number of hydrogen-bond acceptors (Lipinski definition) is 3. The van der Waals surface area contributed by atoms with E-state index in [2.05, 4.69) is 5.32 Å². The fourth-order valence-electron chi connectivity index (χ4n) is 4.79. The maximum absolute atomic E-state index is 15.3. The maximum Gasteiger partial charge on any atom is 0.352 e. The molecule has 9 heteroatoms. The second-order valence-corrected chi connectivity index (χ2v) is 8.76. The summed E-state index contributed by atoms with van der Waals surface area (Å²) in [5.74, 6) is -8.28. The van der Waals surface area contributed by atoms with Gasteiger partial charge in [0.1, 0.15) is 11.6 Å². The number of alkyl halides is 2. The van der Waals surface area contributed by atoms with E-state index in [1.807, 2.05) is 0 Å². The van der Waals surface area contributed by atoms with Gasteiger partial charge < -0.3 is 15.3 Å². The van der Waals surface area contributed by atoms with E-state index in [4.69, 9.17) is 0 Å². The van der Waals surface area contributed by atoms with E-state index in [1.165, 1.54) is 19.1 Å². The lowest BCUT2D eigenvalue weighted by Crippen LogP contribution is -2.59. The minimum atomic E-state index is -4.19. The zero-order chi connectivity index (χ0) is 23.9. The van der Waals surface area contributed by atoms with Crippen molar-refractivity contribution in [1.82, 2.24) is 4.90 Å². The van der Waals surface area contributed by atoms with Crippen molar-refractivity contribution in [2.24, 2.45) is 0 Å². The summed E-state index contributed by atoms with van der Waals surface area (Å²) in [6.07, 6.45) is 1.52. The number of halogens is 4. The zero-order valence-corrected chi connectivity index (χ0v) is 18.0. The van der Waals surface area contributed by atoms with Gasteiger partial charge in [-0.2, -0.15) is 8.78 Å². The molecule has 2 saturated heterocycles. The van der Waals surface area contributed by atoms with Crippen molar-refractivity contribution >= 4 is 17.5 Å². The first-order valence-corrected chi connectivity index (χ1v) is 10.8. The molecule has 176 valence electrons. The van der Waals surface area contributed by atoms with Crippen LogP contribution in [-0.4, -0.2) is 40.0 Å². The molecule has 2 aliphatic heterocycles. The Hall–Kier alpha value is -2.94. The van der Waals surface area contributed by atoms with Crippen LogP contribution in [0.4, 0.5) is 23.2 Å². The van der Waals surface area contributed by atoms with E-state index in [0.717, 1.165) is 29.5 Å². The molecule has 0 saturated carbocycles. The van der Waals surface area contributed by atoms with Crippen LogP contribution in [0.3, 0.4) is 0 Å². The molecule has 0 radical (unpaired) electrons. The van der Waals surface area contributed by atoms with Gasteiger partial charge in [-0.15, -0.1) is 0 Å². The number of piperidine rings is 2. The number of amides is 2. The van der Waals surface area contributed by atoms with Gasteiger partial charge in [0.2, 0.25) is 0 Å². The molecule has 2 aliphatic rings. The Morgan fingerprint density at radius 1 is 1.03 bits per heavy atom. The summed E-state index contributed by atoms with van der Waals surface area (Å²) in [5.41, 5.74) is -0.927. The molecule has 2 bridgehead atoms. The van der Waals surface area contributed by atoms with Crippen LogP contribution in [0.5, 0.6) is 0 Å². The number of carbonyl (C=O) groups excluding carboxylic acids is 2. The molecule has 2 N–H and O–H groups in total. The Bertz CT molecular complexity index is 1080. The van der Waals surface area contributed by atoms with Crippen molar-refractivity contribution in [1.29, 1.82) is 0 Å². The molecule has 2 aromatic rings. The van der Waals surface area contributed by atoms with Crippen molar-refractivity contribution in [3.63, 3.8) is 0 Å². The van der Waals surface area contributed by atoms with E-state index in [1.54, 1.807) is 0 Å². The molecular weight excluding hydrogens is 440 g/mol. The summed E-state index contributed by atoms with van der Waals surface area (Å²) in [6, 6.07) is 5.22. The first-order valence-electron chi connectivity index (χ1n) is 10.8. The van der Waals surface area contributed by atoms with Crippen molar-refractivity contribution in [2.75, 3.05) is 5.32 Å². The second-order valence-electron chi connectivity index (χ2n) is 8.76. The number of anilines is 1. The van der Waals surface area contributed by atoms with E-state index in [-0.39, 0.29) is 29.7 Å². The van der Waals surface area contributed by atoms with Gasteiger partial charge in [-0.05, 0) is 81.0 Å².